The lowest BCUT2D eigenvalue weighted by atomic mass is 10.1. The third kappa shape index (κ3) is 4.39. The van der Waals surface area contributed by atoms with E-state index in [-0.39, 0.29) is 11.6 Å². The number of nitrogens with one attached hydrogen (secondary N) is 1. The number of aryl methyl sites for hydroxylation is 1. The van der Waals surface area contributed by atoms with Crippen LogP contribution in [0.2, 0.25) is 0 Å². The molecule has 0 spiro atoms. The van der Waals surface area contributed by atoms with Crippen molar-refractivity contribution in [1.82, 2.24) is 15.0 Å². The Morgan fingerprint density at radius 3 is 2.61 bits per heavy atom. The van der Waals surface area contributed by atoms with E-state index >= 15 is 0 Å². The number of nitrogens with zero attached hydrogens (tertiary/aromatic N) is 5. The van der Waals surface area contributed by atoms with Crippen molar-refractivity contribution in [3.05, 3.63) is 65.4 Å². The SMILES string of the molecule is Cc1ccc(-c2ccc3nc(NC(=O)c4ccc(C#N)nc4N4CCOCC4)sc3n2)cc1. The summed E-state index contributed by atoms with van der Waals surface area (Å²) in [5, 5.41) is 12.6. The highest BCUT2D eigenvalue weighted by molar-refractivity contribution is 7.22. The minimum atomic E-state index is -0.328. The van der Waals surface area contributed by atoms with Crippen LogP contribution in [-0.4, -0.2) is 47.2 Å². The van der Waals surface area contributed by atoms with E-state index in [0.717, 1.165) is 21.6 Å². The lowest BCUT2D eigenvalue weighted by Gasteiger charge is -2.29. The Bertz CT molecular complexity index is 1370. The molecule has 0 radical (unpaired) electrons. The van der Waals surface area contributed by atoms with Gasteiger partial charge in [0, 0.05) is 18.7 Å². The van der Waals surface area contributed by atoms with E-state index in [2.05, 4.69) is 27.4 Å². The molecule has 0 saturated carbocycles. The van der Waals surface area contributed by atoms with Crippen molar-refractivity contribution in [1.29, 1.82) is 5.26 Å². The maximum Gasteiger partial charge on any atom is 0.261 e. The third-order valence-electron chi connectivity index (χ3n) is 5.37. The Morgan fingerprint density at radius 2 is 1.85 bits per heavy atom. The Balaban J connectivity index is 1.42. The average Bonchev–Trinajstić information content (AvgIpc) is 3.26. The molecule has 4 aromatic rings. The molecule has 1 aliphatic rings. The van der Waals surface area contributed by atoms with Crippen LogP contribution < -0.4 is 10.2 Å². The van der Waals surface area contributed by atoms with Gasteiger partial charge in [-0.3, -0.25) is 10.1 Å². The van der Waals surface area contributed by atoms with Crippen molar-refractivity contribution < 1.29 is 9.53 Å². The Kier molecular flexibility index (Phi) is 5.69. The number of morpholine rings is 1. The van der Waals surface area contributed by atoms with Gasteiger partial charge in [0.2, 0.25) is 0 Å². The summed E-state index contributed by atoms with van der Waals surface area (Å²) in [5.74, 6) is 0.155. The van der Waals surface area contributed by atoms with Gasteiger partial charge in [0.05, 0.1) is 24.5 Å². The van der Waals surface area contributed by atoms with Gasteiger partial charge in [0.25, 0.3) is 5.91 Å². The first-order valence-corrected chi connectivity index (χ1v) is 11.3. The smallest absolute Gasteiger partial charge is 0.261 e. The molecule has 8 nitrogen and oxygen atoms in total. The minimum Gasteiger partial charge on any atom is -0.378 e. The standard InChI is InChI=1S/C24H20N6O2S/c1-15-2-4-16(5-3-15)19-8-9-20-23(27-19)33-24(28-20)29-22(31)18-7-6-17(14-25)26-21(18)30-10-12-32-13-11-30/h2-9H,10-13H2,1H3,(H,28,29,31). The normalized spacial score (nSPS) is 13.6. The highest BCUT2D eigenvalue weighted by Gasteiger charge is 2.22. The van der Waals surface area contributed by atoms with Crippen LogP contribution >= 0.6 is 11.3 Å². The summed E-state index contributed by atoms with van der Waals surface area (Å²) in [4.78, 5) is 29.5. The first-order chi connectivity index (χ1) is 16.1. The van der Waals surface area contributed by atoms with Crippen LogP contribution in [0.25, 0.3) is 21.6 Å². The van der Waals surface area contributed by atoms with Crippen LogP contribution in [0.3, 0.4) is 0 Å². The molecule has 5 rings (SSSR count). The molecule has 0 unspecified atom stereocenters. The van der Waals surface area contributed by atoms with E-state index in [1.165, 1.54) is 16.9 Å². The van der Waals surface area contributed by atoms with Crippen molar-refractivity contribution in [2.75, 3.05) is 36.5 Å². The molecule has 1 amide bonds. The fraction of sp³-hybridized carbons (Fsp3) is 0.208. The lowest BCUT2D eigenvalue weighted by molar-refractivity contribution is 0.102. The summed E-state index contributed by atoms with van der Waals surface area (Å²) in [7, 11) is 0. The van der Waals surface area contributed by atoms with Crippen LogP contribution in [0.15, 0.2) is 48.5 Å². The molecule has 0 bridgehead atoms. The maximum absolute atomic E-state index is 13.1. The highest BCUT2D eigenvalue weighted by Crippen LogP contribution is 2.29. The summed E-state index contributed by atoms with van der Waals surface area (Å²) in [6, 6.07) is 17.2. The number of fused-ring (bicyclic) bond motifs is 1. The number of hydrogen-bond acceptors (Lipinski definition) is 8. The van der Waals surface area contributed by atoms with E-state index in [0.29, 0.717) is 42.8 Å². The zero-order chi connectivity index (χ0) is 22.8. The molecule has 0 atom stereocenters. The van der Waals surface area contributed by atoms with E-state index < -0.39 is 0 Å². The summed E-state index contributed by atoms with van der Waals surface area (Å²) in [6.07, 6.45) is 0. The number of nitriles is 1. The number of rotatable bonds is 4. The molecule has 1 saturated heterocycles. The maximum atomic E-state index is 13.1. The molecule has 3 aromatic heterocycles. The van der Waals surface area contributed by atoms with Gasteiger partial charge >= 0.3 is 0 Å². The molecule has 9 heteroatoms. The Morgan fingerprint density at radius 1 is 1.06 bits per heavy atom. The molecular formula is C24H20N6O2S. The van der Waals surface area contributed by atoms with E-state index in [9.17, 15) is 10.1 Å². The van der Waals surface area contributed by atoms with Crippen molar-refractivity contribution in [2.45, 2.75) is 6.92 Å². The number of anilines is 2. The molecule has 1 N–H and O–H groups in total. The number of carbonyl (C=O) groups excluding carboxylic acids is 1. The second-order valence-corrected chi connectivity index (χ2v) is 8.62. The van der Waals surface area contributed by atoms with Crippen LogP contribution in [0.5, 0.6) is 0 Å². The topological polar surface area (TPSA) is 104 Å². The largest absolute Gasteiger partial charge is 0.378 e. The predicted octanol–water partition coefficient (Wildman–Crippen LogP) is 4.02. The number of benzene rings is 1. The van der Waals surface area contributed by atoms with Gasteiger partial charge in [-0.15, -0.1) is 0 Å². The number of amides is 1. The number of thiazole rings is 1. The minimum absolute atomic E-state index is 0.265. The second kappa shape index (κ2) is 8.94. The van der Waals surface area contributed by atoms with Crippen molar-refractivity contribution in [3.63, 3.8) is 0 Å². The third-order valence-corrected chi connectivity index (χ3v) is 6.25. The van der Waals surface area contributed by atoms with Crippen LogP contribution in [0.4, 0.5) is 10.9 Å². The fourth-order valence-corrected chi connectivity index (χ4v) is 4.46. The number of carbonyl (C=O) groups is 1. The van der Waals surface area contributed by atoms with Gasteiger partial charge in [0.15, 0.2) is 5.13 Å². The molecule has 0 aliphatic carbocycles. The molecule has 164 valence electrons. The van der Waals surface area contributed by atoms with E-state index in [1.807, 2.05) is 42.2 Å². The number of ether oxygens (including phenoxy) is 1. The number of aromatic nitrogens is 3. The van der Waals surface area contributed by atoms with Crippen molar-refractivity contribution in [2.24, 2.45) is 0 Å². The summed E-state index contributed by atoms with van der Waals surface area (Å²) >= 11 is 1.32. The van der Waals surface area contributed by atoms with Crippen LogP contribution in [-0.2, 0) is 4.74 Å². The monoisotopic (exact) mass is 456 g/mol. The summed E-state index contributed by atoms with van der Waals surface area (Å²) in [5.41, 5.74) is 4.45. The van der Waals surface area contributed by atoms with Gasteiger partial charge in [-0.25, -0.2) is 15.0 Å². The average molecular weight is 457 g/mol. The molecular weight excluding hydrogens is 436 g/mol. The van der Waals surface area contributed by atoms with Gasteiger partial charge in [-0.05, 0) is 31.2 Å². The van der Waals surface area contributed by atoms with Gasteiger partial charge in [-0.2, -0.15) is 5.26 Å². The summed E-state index contributed by atoms with van der Waals surface area (Å²) in [6.45, 7) is 4.36. The molecule has 1 aromatic carbocycles. The lowest BCUT2D eigenvalue weighted by Crippen LogP contribution is -2.38. The second-order valence-electron chi connectivity index (χ2n) is 7.64. The first kappa shape index (κ1) is 21.0. The van der Waals surface area contributed by atoms with E-state index in [1.54, 1.807) is 12.1 Å². The van der Waals surface area contributed by atoms with Gasteiger partial charge in [-0.1, -0.05) is 41.2 Å². The highest BCUT2D eigenvalue weighted by atomic mass is 32.1. The number of pyridine rings is 2. The molecule has 1 fully saturated rings. The van der Waals surface area contributed by atoms with Crippen LogP contribution in [0.1, 0.15) is 21.6 Å². The summed E-state index contributed by atoms with van der Waals surface area (Å²) < 4.78 is 5.40. The van der Waals surface area contributed by atoms with Crippen molar-refractivity contribution in [3.8, 4) is 17.3 Å². The molecule has 33 heavy (non-hydrogen) atoms. The van der Waals surface area contributed by atoms with Crippen LogP contribution in [0, 0.1) is 18.3 Å². The quantitative estimate of drug-likeness (QED) is 0.494. The Labute approximate surface area is 194 Å². The molecule has 4 heterocycles. The zero-order valence-corrected chi connectivity index (χ0v) is 18.7. The van der Waals surface area contributed by atoms with Gasteiger partial charge in [0.1, 0.15) is 27.9 Å². The zero-order valence-electron chi connectivity index (χ0n) is 17.9. The first-order valence-electron chi connectivity index (χ1n) is 10.5. The van der Waals surface area contributed by atoms with E-state index in [4.69, 9.17) is 9.72 Å². The number of hydrogen-bond donors (Lipinski definition) is 1. The fourth-order valence-electron chi connectivity index (χ4n) is 3.62. The van der Waals surface area contributed by atoms with Gasteiger partial charge < -0.3 is 9.64 Å². The molecule has 1 aliphatic heterocycles. The Hall–Kier alpha value is -3.87. The van der Waals surface area contributed by atoms with Crippen molar-refractivity contribution >= 4 is 38.5 Å². The predicted molar refractivity (Wildman–Crippen MR) is 128 cm³/mol.